The number of hydrogen-bond donors (Lipinski definition) is 1. The van der Waals surface area contributed by atoms with Gasteiger partial charge in [0.05, 0.1) is 11.5 Å². The van der Waals surface area contributed by atoms with E-state index < -0.39 is 10.0 Å². The number of likely N-dealkylation sites (tertiary alicyclic amines) is 1. The molecule has 1 aliphatic rings. The maximum Gasteiger partial charge on any atom is 0.409 e. The Morgan fingerprint density at radius 3 is 2.50 bits per heavy atom. The number of carbonyl (C=O) groups excluding carboxylic acids is 2. The number of hydrogen-bond acceptors (Lipinski definition) is 5. The molecular formula is C19H29N3O5S. The number of carbonyl (C=O) groups is 2. The van der Waals surface area contributed by atoms with E-state index in [2.05, 4.69) is 5.32 Å². The molecule has 0 saturated carbocycles. The summed E-state index contributed by atoms with van der Waals surface area (Å²) in [4.78, 5) is 26.0. The van der Waals surface area contributed by atoms with Gasteiger partial charge in [0.2, 0.25) is 10.0 Å². The zero-order valence-corrected chi connectivity index (χ0v) is 17.7. The smallest absolute Gasteiger partial charge is 0.409 e. The van der Waals surface area contributed by atoms with Crippen molar-refractivity contribution in [2.45, 2.75) is 50.6 Å². The molecule has 0 radical (unpaired) electrons. The van der Waals surface area contributed by atoms with Crippen molar-refractivity contribution in [3.8, 4) is 0 Å². The van der Waals surface area contributed by atoms with Crippen LogP contribution in [0.15, 0.2) is 29.2 Å². The van der Waals surface area contributed by atoms with Crippen LogP contribution in [-0.4, -0.2) is 68.5 Å². The van der Waals surface area contributed by atoms with Crippen LogP contribution in [0.5, 0.6) is 0 Å². The Kier molecular flexibility index (Phi) is 7.42. The van der Waals surface area contributed by atoms with Gasteiger partial charge >= 0.3 is 6.09 Å². The molecule has 0 unspecified atom stereocenters. The molecule has 0 spiro atoms. The Hall–Kier alpha value is -2.13. The Morgan fingerprint density at radius 2 is 1.93 bits per heavy atom. The summed E-state index contributed by atoms with van der Waals surface area (Å²) in [6.07, 6.45) is 0.913. The first-order chi connectivity index (χ1) is 13.2. The van der Waals surface area contributed by atoms with Crippen molar-refractivity contribution >= 4 is 22.0 Å². The van der Waals surface area contributed by atoms with Crippen LogP contribution >= 0.6 is 0 Å². The molecule has 1 N–H and O–H groups in total. The highest BCUT2D eigenvalue weighted by molar-refractivity contribution is 7.89. The van der Waals surface area contributed by atoms with Crippen molar-refractivity contribution in [1.29, 1.82) is 0 Å². The fraction of sp³-hybridized carbons (Fsp3) is 0.579. The standard InChI is InChI=1S/C19H29N3O5S/c1-5-27-19(24)22-11-9-16(10-12-22)20-18(23)15-7-6-8-17(13-15)28(25,26)21(4)14(2)3/h6-8,13-14,16H,5,9-12H2,1-4H3,(H,20,23). The van der Waals surface area contributed by atoms with E-state index in [0.29, 0.717) is 38.1 Å². The largest absolute Gasteiger partial charge is 0.450 e. The molecule has 0 bridgehead atoms. The minimum absolute atomic E-state index is 0.0724. The second-order valence-corrected chi connectivity index (χ2v) is 9.07. The second kappa shape index (κ2) is 9.38. The maximum atomic E-state index is 12.6. The lowest BCUT2D eigenvalue weighted by Crippen LogP contribution is -2.46. The summed E-state index contributed by atoms with van der Waals surface area (Å²) in [7, 11) is -2.14. The number of piperidine rings is 1. The molecule has 1 aromatic carbocycles. The fourth-order valence-electron chi connectivity index (χ4n) is 2.93. The number of ether oxygens (including phenoxy) is 1. The van der Waals surface area contributed by atoms with Gasteiger partial charge in [-0.15, -0.1) is 0 Å². The van der Waals surface area contributed by atoms with Gasteiger partial charge in [-0.1, -0.05) is 6.07 Å². The monoisotopic (exact) mass is 411 g/mol. The van der Waals surface area contributed by atoms with Crippen molar-refractivity contribution in [3.63, 3.8) is 0 Å². The Morgan fingerprint density at radius 1 is 1.29 bits per heavy atom. The van der Waals surface area contributed by atoms with Gasteiger partial charge in [-0.05, 0) is 51.8 Å². The maximum absolute atomic E-state index is 12.6. The van der Waals surface area contributed by atoms with Crippen LogP contribution in [0.4, 0.5) is 4.79 Å². The van der Waals surface area contributed by atoms with Crippen LogP contribution in [-0.2, 0) is 14.8 Å². The van der Waals surface area contributed by atoms with E-state index in [4.69, 9.17) is 4.74 Å². The van der Waals surface area contributed by atoms with E-state index in [1.54, 1.807) is 37.8 Å². The molecule has 0 aromatic heterocycles. The number of nitrogens with zero attached hydrogens (tertiary/aromatic N) is 2. The van der Waals surface area contributed by atoms with Crippen LogP contribution in [0.25, 0.3) is 0 Å². The van der Waals surface area contributed by atoms with Crippen LogP contribution in [0.2, 0.25) is 0 Å². The summed E-state index contributed by atoms with van der Waals surface area (Å²) < 4.78 is 31.5. The van der Waals surface area contributed by atoms with Gasteiger partial charge < -0.3 is 15.0 Å². The number of sulfonamides is 1. The third-order valence-electron chi connectivity index (χ3n) is 4.86. The number of benzene rings is 1. The topological polar surface area (TPSA) is 96.0 Å². The number of rotatable bonds is 6. The van der Waals surface area contributed by atoms with E-state index in [0.717, 1.165) is 0 Å². The van der Waals surface area contributed by atoms with Gasteiger partial charge in [0.1, 0.15) is 0 Å². The molecule has 28 heavy (non-hydrogen) atoms. The van der Waals surface area contributed by atoms with Gasteiger partial charge in [-0.25, -0.2) is 13.2 Å². The molecule has 1 saturated heterocycles. The molecule has 8 nitrogen and oxygen atoms in total. The van der Waals surface area contributed by atoms with Crippen molar-refractivity contribution in [3.05, 3.63) is 29.8 Å². The lowest BCUT2D eigenvalue weighted by Gasteiger charge is -2.31. The van der Waals surface area contributed by atoms with Crippen molar-refractivity contribution in [1.82, 2.24) is 14.5 Å². The van der Waals surface area contributed by atoms with Gasteiger partial charge in [-0.3, -0.25) is 4.79 Å². The molecule has 0 aliphatic carbocycles. The summed E-state index contributed by atoms with van der Waals surface area (Å²) in [5.41, 5.74) is 0.297. The quantitative estimate of drug-likeness (QED) is 0.773. The lowest BCUT2D eigenvalue weighted by atomic mass is 10.0. The van der Waals surface area contributed by atoms with Crippen LogP contribution in [0.3, 0.4) is 0 Å². The summed E-state index contributed by atoms with van der Waals surface area (Å²) in [5, 5.41) is 2.93. The Labute approximate surface area is 166 Å². The average Bonchev–Trinajstić information content (AvgIpc) is 2.68. The van der Waals surface area contributed by atoms with Gasteiger partial charge in [0.15, 0.2) is 0 Å². The first-order valence-electron chi connectivity index (χ1n) is 9.47. The van der Waals surface area contributed by atoms with Crippen molar-refractivity contribution in [2.24, 2.45) is 0 Å². The fourth-order valence-corrected chi connectivity index (χ4v) is 4.35. The number of nitrogens with one attached hydrogen (secondary N) is 1. The zero-order valence-electron chi connectivity index (χ0n) is 16.8. The summed E-state index contributed by atoms with van der Waals surface area (Å²) in [6, 6.07) is 5.79. The summed E-state index contributed by atoms with van der Waals surface area (Å²) in [5.74, 6) is -0.321. The summed E-state index contributed by atoms with van der Waals surface area (Å²) >= 11 is 0. The average molecular weight is 412 g/mol. The highest BCUT2D eigenvalue weighted by Crippen LogP contribution is 2.18. The molecular weight excluding hydrogens is 382 g/mol. The van der Waals surface area contributed by atoms with E-state index in [1.807, 2.05) is 0 Å². The van der Waals surface area contributed by atoms with Gasteiger partial charge in [0, 0.05) is 37.8 Å². The van der Waals surface area contributed by atoms with E-state index in [-0.39, 0.29) is 29.0 Å². The molecule has 2 rings (SSSR count). The lowest BCUT2D eigenvalue weighted by molar-refractivity contribution is 0.0860. The molecule has 1 aliphatic heterocycles. The molecule has 156 valence electrons. The second-order valence-electron chi connectivity index (χ2n) is 7.08. The Balaban J connectivity index is 2.02. The molecule has 1 fully saturated rings. The minimum Gasteiger partial charge on any atom is -0.450 e. The Bertz CT molecular complexity index is 802. The first kappa shape index (κ1) is 22.2. The van der Waals surface area contributed by atoms with Crippen LogP contribution in [0.1, 0.15) is 44.0 Å². The van der Waals surface area contributed by atoms with Crippen molar-refractivity contribution < 1.29 is 22.7 Å². The normalized spacial score (nSPS) is 15.7. The van der Waals surface area contributed by atoms with E-state index >= 15 is 0 Å². The molecule has 9 heteroatoms. The van der Waals surface area contributed by atoms with Gasteiger partial charge in [-0.2, -0.15) is 4.31 Å². The highest BCUT2D eigenvalue weighted by atomic mass is 32.2. The third-order valence-corrected chi connectivity index (χ3v) is 6.89. The highest BCUT2D eigenvalue weighted by Gasteiger charge is 2.26. The van der Waals surface area contributed by atoms with E-state index in [1.165, 1.54) is 23.5 Å². The molecule has 0 atom stereocenters. The van der Waals surface area contributed by atoms with Crippen molar-refractivity contribution in [2.75, 3.05) is 26.7 Å². The molecule has 2 amide bonds. The van der Waals surface area contributed by atoms with Crippen LogP contribution < -0.4 is 5.32 Å². The SMILES string of the molecule is CCOC(=O)N1CCC(NC(=O)c2cccc(S(=O)(=O)N(C)C(C)C)c2)CC1. The van der Waals surface area contributed by atoms with Crippen LogP contribution in [0, 0.1) is 0 Å². The zero-order chi connectivity index (χ0) is 20.9. The summed E-state index contributed by atoms with van der Waals surface area (Å²) in [6.45, 7) is 6.70. The molecule has 1 aromatic rings. The van der Waals surface area contributed by atoms with E-state index in [9.17, 15) is 18.0 Å². The number of amides is 2. The third kappa shape index (κ3) is 5.23. The molecule has 1 heterocycles. The minimum atomic E-state index is -3.65. The van der Waals surface area contributed by atoms with Gasteiger partial charge in [0.25, 0.3) is 5.91 Å². The predicted molar refractivity (Wildman–Crippen MR) is 106 cm³/mol. The first-order valence-corrected chi connectivity index (χ1v) is 10.9. The predicted octanol–water partition coefficient (Wildman–Crippen LogP) is 2.07.